The van der Waals surface area contributed by atoms with Gasteiger partial charge in [0.1, 0.15) is 5.82 Å². The number of nitrogens with zero attached hydrogens (tertiary/aromatic N) is 6. The average molecular weight is 582 g/mol. The summed E-state index contributed by atoms with van der Waals surface area (Å²) in [4.78, 5) is 20.5. The van der Waals surface area contributed by atoms with Gasteiger partial charge >= 0.3 is 0 Å². The number of ether oxygens (including phenoxy) is 1. The summed E-state index contributed by atoms with van der Waals surface area (Å²) in [5, 5.41) is 3.97. The van der Waals surface area contributed by atoms with Crippen LogP contribution in [0.5, 0.6) is 0 Å². The number of alkyl halides is 2. The smallest absolute Gasteiger partial charge is 0.296 e. The van der Waals surface area contributed by atoms with Gasteiger partial charge in [-0.1, -0.05) is 37.8 Å². The third-order valence-electron chi connectivity index (χ3n) is 9.65. The largest absolute Gasteiger partial charge is 0.378 e. The minimum atomic E-state index is -2.75. The van der Waals surface area contributed by atoms with Crippen molar-refractivity contribution >= 4 is 17.0 Å². The fraction of sp³-hybridized carbons (Fsp3) is 0.688. The Balaban J connectivity index is 1.12. The fourth-order valence-electron chi connectivity index (χ4n) is 7.22. The first-order valence-electron chi connectivity index (χ1n) is 16.1. The van der Waals surface area contributed by atoms with Crippen molar-refractivity contribution in [2.75, 3.05) is 31.2 Å². The maximum absolute atomic E-state index is 14.1. The summed E-state index contributed by atoms with van der Waals surface area (Å²) < 4.78 is 35.2. The highest BCUT2D eigenvalue weighted by molar-refractivity contribution is 5.77. The molecule has 1 atom stereocenters. The van der Waals surface area contributed by atoms with Crippen molar-refractivity contribution < 1.29 is 13.5 Å². The Kier molecular flexibility index (Phi) is 9.59. The zero-order chi connectivity index (χ0) is 28.9. The van der Waals surface area contributed by atoms with E-state index in [9.17, 15) is 8.78 Å². The molecule has 0 bridgehead atoms. The van der Waals surface area contributed by atoms with E-state index in [1.807, 2.05) is 6.07 Å². The van der Waals surface area contributed by atoms with E-state index in [0.29, 0.717) is 67.6 Å². The summed E-state index contributed by atoms with van der Waals surface area (Å²) in [5.74, 6) is 2.61. The molecule has 1 unspecified atom stereocenters. The SMILES string of the molecule is CC(NC1CCC(CCCc2nc(N3CCOCC3)nc(-n3c(C(F)F)nc4ccccc43)n2)CC1)C1CCCCC1. The van der Waals surface area contributed by atoms with E-state index in [1.165, 1.54) is 62.4 Å². The molecule has 42 heavy (non-hydrogen) atoms. The summed E-state index contributed by atoms with van der Waals surface area (Å²) in [5.41, 5.74) is 1.07. The lowest BCUT2D eigenvalue weighted by molar-refractivity contribution is 0.122. The van der Waals surface area contributed by atoms with E-state index >= 15 is 0 Å². The minimum absolute atomic E-state index is 0.212. The summed E-state index contributed by atoms with van der Waals surface area (Å²) in [7, 11) is 0. The molecule has 0 radical (unpaired) electrons. The van der Waals surface area contributed by atoms with Crippen LogP contribution in [0.25, 0.3) is 17.0 Å². The molecule has 2 aliphatic carbocycles. The predicted octanol–water partition coefficient (Wildman–Crippen LogP) is 6.42. The van der Waals surface area contributed by atoms with E-state index in [1.54, 1.807) is 18.2 Å². The zero-order valence-electron chi connectivity index (χ0n) is 24.9. The van der Waals surface area contributed by atoms with Crippen molar-refractivity contribution in [2.24, 2.45) is 11.8 Å². The maximum atomic E-state index is 14.1. The van der Waals surface area contributed by atoms with Crippen molar-refractivity contribution in [3.8, 4) is 5.95 Å². The third-order valence-corrected chi connectivity index (χ3v) is 9.65. The number of morpholine rings is 1. The molecule has 3 aromatic rings. The number of anilines is 1. The first-order chi connectivity index (χ1) is 20.5. The summed E-state index contributed by atoms with van der Waals surface area (Å²) >= 11 is 0. The van der Waals surface area contributed by atoms with E-state index in [-0.39, 0.29) is 11.8 Å². The van der Waals surface area contributed by atoms with Crippen LogP contribution in [-0.4, -0.2) is 62.9 Å². The van der Waals surface area contributed by atoms with Crippen molar-refractivity contribution in [3.63, 3.8) is 0 Å². The number of hydrogen-bond donors (Lipinski definition) is 1. The molecule has 10 heteroatoms. The second kappa shape index (κ2) is 13.7. The number of para-hydroxylation sites is 2. The first kappa shape index (κ1) is 29.4. The Morgan fingerprint density at radius 1 is 0.905 bits per heavy atom. The molecule has 1 N–H and O–H groups in total. The van der Waals surface area contributed by atoms with Gasteiger partial charge in [-0.2, -0.15) is 15.0 Å². The summed E-state index contributed by atoms with van der Waals surface area (Å²) in [6, 6.07) is 8.42. The predicted molar refractivity (Wildman–Crippen MR) is 160 cm³/mol. The molecule has 0 spiro atoms. The quantitative estimate of drug-likeness (QED) is 0.296. The molecule has 3 fully saturated rings. The first-order valence-corrected chi connectivity index (χ1v) is 16.1. The average Bonchev–Trinajstić information content (AvgIpc) is 3.43. The van der Waals surface area contributed by atoms with Crippen LogP contribution >= 0.6 is 0 Å². The maximum Gasteiger partial charge on any atom is 0.296 e. The molecule has 6 rings (SSSR count). The number of nitrogens with one attached hydrogen (secondary N) is 1. The van der Waals surface area contributed by atoms with Crippen LogP contribution in [0.4, 0.5) is 14.7 Å². The van der Waals surface area contributed by atoms with Gasteiger partial charge in [0, 0.05) is 31.6 Å². The lowest BCUT2D eigenvalue weighted by atomic mass is 9.81. The number of benzene rings is 1. The van der Waals surface area contributed by atoms with Crippen molar-refractivity contribution in [1.82, 2.24) is 29.8 Å². The van der Waals surface area contributed by atoms with Gasteiger partial charge in [-0.05, 0) is 75.8 Å². The highest BCUT2D eigenvalue weighted by Crippen LogP contribution is 2.32. The van der Waals surface area contributed by atoms with Crippen LogP contribution < -0.4 is 10.2 Å². The van der Waals surface area contributed by atoms with E-state index in [4.69, 9.17) is 14.7 Å². The number of fused-ring (bicyclic) bond motifs is 1. The Hall–Kier alpha value is -2.72. The number of imidazole rings is 1. The Labute approximate surface area is 247 Å². The lowest BCUT2D eigenvalue weighted by Gasteiger charge is -2.35. The van der Waals surface area contributed by atoms with Gasteiger partial charge in [0.05, 0.1) is 24.2 Å². The van der Waals surface area contributed by atoms with Crippen LogP contribution in [0.2, 0.25) is 0 Å². The lowest BCUT2D eigenvalue weighted by Crippen LogP contribution is -2.43. The number of rotatable bonds is 10. The van der Waals surface area contributed by atoms with Crippen LogP contribution in [-0.2, 0) is 11.2 Å². The topological polar surface area (TPSA) is 81.0 Å². The van der Waals surface area contributed by atoms with Crippen molar-refractivity contribution in [1.29, 1.82) is 0 Å². The molecule has 2 saturated carbocycles. The van der Waals surface area contributed by atoms with E-state index < -0.39 is 6.43 Å². The molecule has 1 saturated heterocycles. The van der Waals surface area contributed by atoms with Gasteiger partial charge in [0.2, 0.25) is 11.9 Å². The molecule has 3 heterocycles. The minimum Gasteiger partial charge on any atom is -0.378 e. The number of halogens is 2. The van der Waals surface area contributed by atoms with Crippen LogP contribution in [0, 0.1) is 11.8 Å². The van der Waals surface area contributed by atoms with Gasteiger partial charge in [0.25, 0.3) is 6.43 Å². The van der Waals surface area contributed by atoms with Crippen molar-refractivity contribution in [3.05, 3.63) is 35.9 Å². The monoisotopic (exact) mass is 581 g/mol. The second-order valence-corrected chi connectivity index (χ2v) is 12.5. The Morgan fingerprint density at radius 2 is 1.64 bits per heavy atom. The normalized spacial score (nSPS) is 23.1. The van der Waals surface area contributed by atoms with Gasteiger partial charge in [-0.25, -0.2) is 13.8 Å². The van der Waals surface area contributed by atoms with Crippen LogP contribution in [0.1, 0.15) is 95.6 Å². The Bertz CT molecular complexity index is 1300. The molecule has 3 aliphatic rings. The Morgan fingerprint density at radius 3 is 2.40 bits per heavy atom. The molecular formula is C32H45F2N7O. The van der Waals surface area contributed by atoms with Gasteiger partial charge in [-0.3, -0.25) is 4.57 Å². The second-order valence-electron chi connectivity index (χ2n) is 12.5. The summed E-state index contributed by atoms with van der Waals surface area (Å²) in [6.45, 7) is 4.89. The fourth-order valence-corrected chi connectivity index (χ4v) is 7.22. The molecule has 2 aromatic heterocycles. The molecule has 1 aliphatic heterocycles. The molecule has 0 amide bonds. The van der Waals surface area contributed by atoms with E-state index in [2.05, 4.69) is 27.1 Å². The zero-order valence-corrected chi connectivity index (χ0v) is 24.9. The van der Waals surface area contributed by atoms with Gasteiger partial charge < -0.3 is 15.0 Å². The third kappa shape index (κ3) is 6.91. The standard InChI is InChI=1S/C32H45F2N7O/c1-22(24-9-3-2-4-10-24)35-25-16-14-23(15-17-25)8-7-13-28-37-31(40-18-20-42-21-19-40)39-32(38-28)41-27-12-6-5-11-26(27)36-30(41)29(33)34/h5-6,11-12,22-25,29,35H,2-4,7-10,13-21H2,1H3. The number of aromatic nitrogens is 5. The van der Waals surface area contributed by atoms with Crippen LogP contribution in [0.3, 0.4) is 0 Å². The number of hydrogen-bond acceptors (Lipinski definition) is 7. The molecule has 1 aromatic carbocycles. The molecule has 8 nitrogen and oxygen atoms in total. The molecular weight excluding hydrogens is 536 g/mol. The highest BCUT2D eigenvalue weighted by Gasteiger charge is 2.27. The number of aryl methyl sites for hydroxylation is 1. The van der Waals surface area contributed by atoms with Crippen LogP contribution in [0.15, 0.2) is 24.3 Å². The van der Waals surface area contributed by atoms with Crippen molar-refractivity contribution in [2.45, 2.75) is 102 Å². The van der Waals surface area contributed by atoms with E-state index in [0.717, 1.165) is 24.7 Å². The summed E-state index contributed by atoms with van der Waals surface area (Å²) in [6.07, 6.45) is 12.0. The van der Waals surface area contributed by atoms with Gasteiger partial charge in [0.15, 0.2) is 5.82 Å². The highest BCUT2D eigenvalue weighted by atomic mass is 19.3. The molecule has 228 valence electrons. The van der Waals surface area contributed by atoms with Gasteiger partial charge in [-0.15, -0.1) is 0 Å².